The van der Waals surface area contributed by atoms with Crippen molar-refractivity contribution in [1.82, 2.24) is 10.2 Å². The van der Waals surface area contributed by atoms with Crippen molar-refractivity contribution >= 4 is 5.91 Å². The van der Waals surface area contributed by atoms with Crippen molar-refractivity contribution in [3.05, 3.63) is 0 Å². The summed E-state index contributed by atoms with van der Waals surface area (Å²) in [6, 6.07) is 0.336. The van der Waals surface area contributed by atoms with Gasteiger partial charge in [0.15, 0.2) is 0 Å². The molecule has 3 unspecified atom stereocenters. The molecule has 3 atom stereocenters. The van der Waals surface area contributed by atoms with Gasteiger partial charge in [0.05, 0.1) is 24.9 Å². The number of amides is 1. The molecule has 2 saturated heterocycles. The molecule has 0 aromatic rings. The van der Waals surface area contributed by atoms with Gasteiger partial charge in [-0.2, -0.15) is 0 Å². The molecule has 4 heteroatoms. The van der Waals surface area contributed by atoms with Gasteiger partial charge in [0.2, 0.25) is 5.91 Å². The SMILES string of the molecule is CCCC1NC(CC)N(C2CCOC2)C1=O. The second-order valence-electron chi connectivity index (χ2n) is 4.69. The standard InChI is InChI=1S/C12H22N2O2/c1-3-5-10-12(15)14(11(4-2)13-10)9-6-7-16-8-9/h9-11,13H,3-8H2,1-2H3. The van der Waals surface area contributed by atoms with E-state index in [9.17, 15) is 4.79 Å². The first kappa shape index (κ1) is 11.9. The molecule has 2 aliphatic rings. The van der Waals surface area contributed by atoms with Crippen molar-refractivity contribution in [2.45, 2.75) is 57.8 Å². The molecule has 0 aromatic heterocycles. The second-order valence-corrected chi connectivity index (χ2v) is 4.69. The van der Waals surface area contributed by atoms with Crippen LogP contribution in [0.1, 0.15) is 39.5 Å². The highest BCUT2D eigenvalue weighted by Gasteiger charge is 2.41. The van der Waals surface area contributed by atoms with Crippen LogP contribution in [0.25, 0.3) is 0 Å². The van der Waals surface area contributed by atoms with Gasteiger partial charge in [-0.15, -0.1) is 0 Å². The summed E-state index contributed by atoms with van der Waals surface area (Å²) < 4.78 is 5.38. The minimum absolute atomic E-state index is 0.0375. The van der Waals surface area contributed by atoms with Crippen LogP contribution in [0.3, 0.4) is 0 Å². The lowest BCUT2D eigenvalue weighted by atomic mass is 10.1. The number of nitrogens with zero attached hydrogens (tertiary/aromatic N) is 1. The fraction of sp³-hybridized carbons (Fsp3) is 0.917. The Kier molecular flexibility index (Phi) is 3.82. The molecule has 0 spiro atoms. The Bertz CT molecular complexity index is 251. The third-order valence-corrected chi connectivity index (χ3v) is 3.55. The molecule has 4 nitrogen and oxygen atoms in total. The molecule has 2 heterocycles. The highest BCUT2D eigenvalue weighted by molar-refractivity contribution is 5.84. The Morgan fingerprint density at radius 3 is 2.88 bits per heavy atom. The lowest BCUT2D eigenvalue weighted by Gasteiger charge is -2.28. The summed E-state index contributed by atoms with van der Waals surface area (Å²) >= 11 is 0. The maximum absolute atomic E-state index is 12.3. The van der Waals surface area contributed by atoms with Crippen LogP contribution in [0.15, 0.2) is 0 Å². The van der Waals surface area contributed by atoms with Crippen LogP contribution >= 0.6 is 0 Å². The molecule has 0 bridgehead atoms. The fourth-order valence-electron chi connectivity index (χ4n) is 2.70. The van der Waals surface area contributed by atoms with Crippen LogP contribution < -0.4 is 5.32 Å². The van der Waals surface area contributed by atoms with Crippen molar-refractivity contribution < 1.29 is 9.53 Å². The quantitative estimate of drug-likeness (QED) is 0.781. The Hall–Kier alpha value is -0.610. The topological polar surface area (TPSA) is 41.6 Å². The molecular weight excluding hydrogens is 204 g/mol. The molecule has 0 aliphatic carbocycles. The molecule has 2 fully saturated rings. The maximum Gasteiger partial charge on any atom is 0.241 e. The fourth-order valence-corrected chi connectivity index (χ4v) is 2.70. The maximum atomic E-state index is 12.3. The van der Waals surface area contributed by atoms with E-state index in [2.05, 4.69) is 19.2 Å². The number of ether oxygens (including phenoxy) is 1. The zero-order valence-corrected chi connectivity index (χ0v) is 10.2. The van der Waals surface area contributed by atoms with Gasteiger partial charge >= 0.3 is 0 Å². The van der Waals surface area contributed by atoms with E-state index in [1.165, 1.54) is 0 Å². The Balaban J connectivity index is 2.05. The van der Waals surface area contributed by atoms with E-state index in [0.29, 0.717) is 12.6 Å². The molecule has 2 rings (SSSR count). The van der Waals surface area contributed by atoms with Crippen LogP contribution in [0.5, 0.6) is 0 Å². The normalized spacial score (nSPS) is 35.0. The summed E-state index contributed by atoms with van der Waals surface area (Å²) in [5, 5.41) is 3.44. The van der Waals surface area contributed by atoms with Crippen LogP contribution in [-0.4, -0.2) is 42.3 Å². The van der Waals surface area contributed by atoms with Gasteiger partial charge in [-0.3, -0.25) is 10.1 Å². The van der Waals surface area contributed by atoms with Crippen molar-refractivity contribution in [2.75, 3.05) is 13.2 Å². The average molecular weight is 226 g/mol. The predicted octanol–water partition coefficient (Wildman–Crippen LogP) is 1.11. The average Bonchev–Trinajstić information content (AvgIpc) is 2.88. The summed E-state index contributed by atoms with van der Waals surface area (Å²) in [5.74, 6) is 0.282. The first-order valence-electron chi connectivity index (χ1n) is 6.43. The summed E-state index contributed by atoms with van der Waals surface area (Å²) in [4.78, 5) is 14.3. The van der Waals surface area contributed by atoms with Crippen LogP contribution in [0.4, 0.5) is 0 Å². The molecule has 0 saturated carbocycles. The Labute approximate surface area is 97.3 Å². The van der Waals surface area contributed by atoms with E-state index in [1.807, 2.05) is 4.90 Å². The van der Waals surface area contributed by atoms with E-state index in [1.54, 1.807) is 0 Å². The van der Waals surface area contributed by atoms with E-state index in [4.69, 9.17) is 4.74 Å². The number of rotatable bonds is 4. The van der Waals surface area contributed by atoms with E-state index >= 15 is 0 Å². The van der Waals surface area contributed by atoms with Gasteiger partial charge in [0, 0.05) is 6.61 Å². The van der Waals surface area contributed by atoms with Gasteiger partial charge < -0.3 is 9.64 Å². The number of hydrogen-bond acceptors (Lipinski definition) is 3. The van der Waals surface area contributed by atoms with E-state index in [0.717, 1.165) is 32.3 Å². The molecular formula is C12H22N2O2. The van der Waals surface area contributed by atoms with Crippen molar-refractivity contribution in [1.29, 1.82) is 0 Å². The van der Waals surface area contributed by atoms with Gasteiger partial charge in [-0.25, -0.2) is 0 Å². The van der Waals surface area contributed by atoms with Gasteiger partial charge in [-0.05, 0) is 19.3 Å². The number of carbonyl (C=O) groups is 1. The summed E-state index contributed by atoms with van der Waals surface area (Å²) in [6.45, 7) is 5.76. The highest BCUT2D eigenvalue weighted by Crippen LogP contribution is 2.23. The lowest BCUT2D eigenvalue weighted by molar-refractivity contribution is -0.132. The molecule has 0 aromatic carbocycles. The first-order chi connectivity index (χ1) is 7.77. The van der Waals surface area contributed by atoms with Crippen LogP contribution in [0.2, 0.25) is 0 Å². The third kappa shape index (κ3) is 2.09. The minimum atomic E-state index is 0.0375. The van der Waals surface area contributed by atoms with E-state index in [-0.39, 0.29) is 18.1 Å². The zero-order valence-electron chi connectivity index (χ0n) is 10.2. The zero-order chi connectivity index (χ0) is 11.5. The smallest absolute Gasteiger partial charge is 0.241 e. The van der Waals surface area contributed by atoms with Gasteiger partial charge in [0.1, 0.15) is 0 Å². The third-order valence-electron chi connectivity index (χ3n) is 3.55. The van der Waals surface area contributed by atoms with Crippen LogP contribution in [0, 0.1) is 0 Å². The van der Waals surface area contributed by atoms with E-state index < -0.39 is 0 Å². The van der Waals surface area contributed by atoms with Crippen LogP contribution in [-0.2, 0) is 9.53 Å². The number of carbonyl (C=O) groups excluding carboxylic acids is 1. The molecule has 1 N–H and O–H groups in total. The molecule has 92 valence electrons. The van der Waals surface area contributed by atoms with Crippen molar-refractivity contribution in [3.8, 4) is 0 Å². The molecule has 16 heavy (non-hydrogen) atoms. The summed E-state index contributed by atoms with van der Waals surface area (Å²) in [5.41, 5.74) is 0. The lowest BCUT2D eigenvalue weighted by Crippen LogP contribution is -2.44. The highest BCUT2D eigenvalue weighted by atomic mass is 16.5. The minimum Gasteiger partial charge on any atom is -0.379 e. The largest absolute Gasteiger partial charge is 0.379 e. The molecule has 0 radical (unpaired) electrons. The number of nitrogens with one attached hydrogen (secondary N) is 1. The second kappa shape index (κ2) is 5.15. The van der Waals surface area contributed by atoms with Gasteiger partial charge in [-0.1, -0.05) is 20.3 Å². The molecule has 1 amide bonds. The monoisotopic (exact) mass is 226 g/mol. The Morgan fingerprint density at radius 2 is 2.31 bits per heavy atom. The molecule has 2 aliphatic heterocycles. The first-order valence-corrected chi connectivity index (χ1v) is 6.43. The predicted molar refractivity (Wildman–Crippen MR) is 62.0 cm³/mol. The van der Waals surface area contributed by atoms with Crippen molar-refractivity contribution in [2.24, 2.45) is 0 Å². The summed E-state index contributed by atoms with van der Waals surface area (Å²) in [6.07, 6.45) is 4.18. The van der Waals surface area contributed by atoms with Gasteiger partial charge in [0.25, 0.3) is 0 Å². The summed E-state index contributed by atoms with van der Waals surface area (Å²) in [7, 11) is 0. The number of hydrogen-bond donors (Lipinski definition) is 1. The van der Waals surface area contributed by atoms with Crippen molar-refractivity contribution in [3.63, 3.8) is 0 Å². The Morgan fingerprint density at radius 1 is 1.50 bits per heavy atom.